The highest BCUT2D eigenvalue weighted by atomic mass is 16.5. The lowest BCUT2D eigenvalue weighted by molar-refractivity contribution is -0.0669. The molecular formula is C13H25BO. The number of fused-ring (bicyclic) bond motifs is 2. The molecule has 86 valence electrons. The second-order valence-corrected chi connectivity index (χ2v) is 6.46. The van der Waals surface area contributed by atoms with Crippen molar-refractivity contribution in [2.75, 3.05) is 0 Å². The first kappa shape index (κ1) is 11.5. The fourth-order valence-corrected chi connectivity index (χ4v) is 4.35. The van der Waals surface area contributed by atoms with Gasteiger partial charge < -0.3 is 4.74 Å². The third-order valence-corrected chi connectivity index (χ3v) is 4.47. The molecule has 15 heavy (non-hydrogen) atoms. The Bertz CT molecular complexity index is 239. The molecule has 2 heteroatoms. The van der Waals surface area contributed by atoms with Crippen molar-refractivity contribution in [1.29, 1.82) is 0 Å². The van der Waals surface area contributed by atoms with Gasteiger partial charge in [0.05, 0.1) is 5.60 Å². The number of rotatable bonds is 3. The zero-order valence-electron chi connectivity index (χ0n) is 10.9. The Labute approximate surface area is 95.4 Å². The molecule has 0 N–H and O–H groups in total. The molecule has 2 bridgehead atoms. The van der Waals surface area contributed by atoms with Crippen LogP contribution in [0.3, 0.4) is 0 Å². The summed E-state index contributed by atoms with van der Waals surface area (Å²) in [4.78, 5) is 0. The van der Waals surface area contributed by atoms with Gasteiger partial charge in [-0.1, -0.05) is 27.7 Å². The summed E-state index contributed by atoms with van der Waals surface area (Å²) in [5.41, 5.74) is 0.242. The number of hydrogen-bond acceptors (Lipinski definition) is 1. The summed E-state index contributed by atoms with van der Waals surface area (Å²) in [6, 6.07) is 0.505. The van der Waals surface area contributed by atoms with Crippen LogP contribution in [0.5, 0.6) is 0 Å². The molecule has 1 heterocycles. The normalized spacial score (nSPS) is 44.5. The average molecular weight is 208 g/mol. The van der Waals surface area contributed by atoms with Gasteiger partial charge in [-0.2, -0.15) is 0 Å². The topological polar surface area (TPSA) is 9.23 Å². The predicted molar refractivity (Wildman–Crippen MR) is 66.7 cm³/mol. The van der Waals surface area contributed by atoms with Crippen molar-refractivity contribution in [1.82, 2.24) is 0 Å². The van der Waals surface area contributed by atoms with Crippen LogP contribution in [0.4, 0.5) is 0 Å². The van der Waals surface area contributed by atoms with Crippen LogP contribution < -0.4 is 0 Å². The molecular weight excluding hydrogens is 183 g/mol. The fraction of sp³-hybridized carbons (Fsp3) is 1.00. The summed E-state index contributed by atoms with van der Waals surface area (Å²) in [5, 5.41) is 0. The molecule has 2 aliphatic rings. The second kappa shape index (κ2) is 3.80. The SMILES string of the molecule is B[C@@H]1O[C@@]2(CC(C)C)CC[C@H]1C2C(C)C. The maximum Gasteiger partial charge on any atom is 0.139 e. The van der Waals surface area contributed by atoms with E-state index < -0.39 is 0 Å². The number of ether oxygens (including phenoxy) is 1. The summed E-state index contributed by atoms with van der Waals surface area (Å²) < 4.78 is 6.33. The lowest BCUT2D eigenvalue weighted by Gasteiger charge is -2.35. The minimum atomic E-state index is 0.242. The molecule has 0 radical (unpaired) electrons. The van der Waals surface area contributed by atoms with Crippen molar-refractivity contribution in [2.45, 2.75) is 58.6 Å². The molecule has 2 rings (SSSR count). The molecule has 2 fully saturated rings. The van der Waals surface area contributed by atoms with Crippen LogP contribution in [-0.2, 0) is 4.74 Å². The highest BCUT2D eigenvalue weighted by Crippen LogP contribution is 2.57. The Morgan fingerprint density at radius 1 is 1.33 bits per heavy atom. The zero-order chi connectivity index (χ0) is 11.2. The van der Waals surface area contributed by atoms with Crippen LogP contribution in [0.1, 0.15) is 47.0 Å². The van der Waals surface area contributed by atoms with Gasteiger partial charge in [0.1, 0.15) is 7.85 Å². The van der Waals surface area contributed by atoms with E-state index in [1.807, 2.05) is 0 Å². The lowest BCUT2D eigenvalue weighted by atomic mass is 9.73. The minimum Gasteiger partial charge on any atom is -0.380 e. The lowest BCUT2D eigenvalue weighted by Crippen LogP contribution is -2.37. The molecule has 0 aromatic rings. The van der Waals surface area contributed by atoms with Gasteiger partial charge in [0.2, 0.25) is 0 Å². The Hall–Kier alpha value is 0.0249. The van der Waals surface area contributed by atoms with Gasteiger partial charge in [-0.15, -0.1) is 0 Å². The van der Waals surface area contributed by atoms with E-state index in [0.29, 0.717) is 6.00 Å². The van der Waals surface area contributed by atoms with Crippen molar-refractivity contribution in [2.24, 2.45) is 23.7 Å². The third-order valence-electron chi connectivity index (χ3n) is 4.47. The van der Waals surface area contributed by atoms with E-state index in [9.17, 15) is 0 Å². The quantitative estimate of drug-likeness (QED) is 0.647. The van der Waals surface area contributed by atoms with E-state index in [1.165, 1.54) is 19.3 Å². The molecule has 1 unspecified atom stereocenters. The maximum absolute atomic E-state index is 6.33. The van der Waals surface area contributed by atoms with Gasteiger partial charge >= 0.3 is 0 Å². The van der Waals surface area contributed by atoms with E-state index in [1.54, 1.807) is 0 Å². The summed E-state index contributed by atoms with van der Waals surface area (Å²) in [6.07, 6.45) is 3.97. The first-order chi connectivity index (χ1) is 6.96. The molecule has 1 saturated heterocycles. The largest absolute Gasteiger partial charge is 0.380 e. The van der Waals surface area contributed by atoms with Crippen LogP contribution in [0, 0.1) is 23.7 Å². The summed E-state index contributed by atoms with van der Waals surface area (Å²) in [6.45, 7) is 9.40. The van der Waals surface area contributed by atoms with Gasteiger partial charge in [-0.25, -0.2) is 0 Å². The summed E-state index contributed by atoms with van der Waals surface area (Å²) >= 11 is 0. The van der Waals surface area contributed by atoms with E-state index in [2.05, 4.69) is 35.5 Å². The smallest absolute Gasteiger partial charge is 0.139 e. The van der Waals surface area contributed by atoms with E-state index in [4.69, 9.17) is 4.74 Å². The monoisotopic (exact) mass is 208 g/mol. The van der Waals surface area contributed by atoms with Crippen molar-refractivity contribution in [3.05, 3.63) is 0 Å². The highest BCUT2D eigenvalue weighted by Gasteiger charge is 2.58. The van der Waals surface area contributed by atoms with E-state index >= 15 is 0 Å². The standard InChI is InChI=1S/C13H25BO/c1-8(2)7-13-6-5-10(12(14)15-13)11(13)9(3)4/h8-12H,5-7,14H2,1-4H3/t10-,11?,12+,13+/m0/s1. The summed E-state index contributed by atoms with van der Waals surface area (Å²) in [5.74, 6) is 3.19. The van der Waals surface area contributed by atoms with Gasteiger partial charge in [0.15, 0.2) is 0 Å². The Morgan fingerprint density at radius 2 is 2.00 bits per heavy atom. The molecule has 0 amide bonds. The predicted octanol–water partition coefficient (Wildman–Crippen LogP) is 2.44. The van der Waals surface area contributed by atoms with Crippen molar-refractivity contribution < 1.29 is 4.74 Å². The number of hydrogen-bond donors (Lipinski definition) is 0. The van der Waals surface area contributed by atoms with Crippen LogP contribution in [0.2, 0.25) is 0 Å². The summed E-state index contributed by atoms with van der Waals surface area (Å²) in [7, 11) is 2.28. The van der Waals surface area contributed by atoms with Crippen molar-refractivity contribution in [3.63, 3.8) is 0 Å². The average Bonchev–Trinajstić information content (AvgIpc) is 2.53. The van der Waals surface area contributed by atoms with Gasteiger partial charge in [0, 0.05) is 6.00 Å². The van der Waals surface area contributed by atoms with Crippen LogP contribution in [-0.4, -0.2) is 19.5 Å². The second-order valence-electron chi connectivity index (χ2n) is 6.46. The van der Waals surface area contributed by atoms with Crippen molar-refractivity contribution >= 4 is 7.85 Å². The molecule has 4 atom stereocenters. The van der Waals surface area contributed by atoms with Gasteiger partial charge in [-0.3, -0.25) is 0 Å². The molecule has 1 saturated carbocycles. The van der Waals surface area contributed by atoms with E-state index in [0.717, 1.165) is 23.7 Å². The first-order valence-corrected chi connectivity index (χ1v) is 6.64. The molecule has 1 aliphatic carbocycles. The Balaban J connectivity index is 2.21. The van der Waals surface area contributed by atoms with Gasteiger partial charge in [0.25, 0.3) is 0 Å². The Morgan fingerprint density at radius 3 is 2.47 bits per heavy atom. The van der Waals surface area contributed by atoms with Crippen LogP contribution in [0.25, 0.3) is 0 Å². The van der Waals surface area contributed by atoms with Crippen LogP contribution >= 0.6 is 0 Å². The van der Waals surface area contributed by atoms with E-state index in [-0.39, 0.29) is 5.60 Å². The fourth-order valence-electron chi connectivity index (χ4n) is 4.35. The zero-order valence-corrected chi connectivity index (χ0v) is 10.9. The molecule has 0 spiro atoms. The molecule has 0 aromatic carbocycles. The van der Waals surface area contributed by atoms with Crippen molar-refractivity contribution in [3.8, 4) is 0 Å². The highest BCUT2D eigenvalue weighted by molar-refractivity contribution is 6.11. The third kappa shape index (κ3) is 1.75. The molecule has 1 aliphatic heterocycles. The minimum absolute atomic E-state index is 0.242. The maximum atomic E-state index is 6.33. The molecule has 1 nitrogen and oxygen atoms in total. The van der Waals surface area contributed by atoms with Gasteiger partial charge in [-0.05, 0) is 42.9 Å². The molecule has 0 aromatic heterocycles. The Kier molecular flexibility index (Phi) is 2.91. The first-order valence-electron chi connectivity index (χ1n) is 6.64. The van der Waals surface area contributed by atoms with Crippen LogP contribution in [0.15, 0.2) is 0 Å².